The maximum Gasteiger partial charge on any atom is 0.457 e. The van der Waals surface area contributed by atoms with Gasteiger partial charge < -0.3 is 4.90 Å². The normalized spacial score (nSPS) is 26.3. The zero-order valence-electron chi connectivity index (χ0n) is 7.69. The first-order chi connectivity index (χ1) is 5.99. The molecule has 0 amide bonds. The first-order valence-electron chi connectivity index (χ1n) is 4.51. The van der Waals surface area contributed by atoms with Crippen molar-refractivity contribution in [1.29, 1.82) is 0 Å². The van der Waals surface area contributed by atoms with Crippen molar-refractivity contribution in [3.63, 3.8) is 0 Å². The number of piperidine rings is 1. The second-order valence-electron chi connectivity index (χ2n) is 3.51. The van der Waals surface area contributed by atoms with Gasteiger partial charge in [0.1, 0.15) is 0 Å². The van der Waals surface area contributed by atoms with Gasteiger partial charge in [0.25, 0.3) is 0 Å². The number of likely N-dealkylation sites (N-methyl/N-ethyl adjacent to an activating group) is 1. The summed E-state index contributed by atoms with van der Waals surface area (Å²) in [6.07, 6.45) is -1.24. The van der Waals surface area contributed by atoms with Crippen LogP contribution in [0, 0.1) is 0 Å². The average Bonchev–Trinajstić information content (AvgIpc) is 2.01. The zero-order chi connectivity index (χ0) is 9.90. The van der Waals surface area contributed by atoms with Crippen LogP contribution < -0.4 is 5.32 Å². The van der Waals surface area contributed by atoms with Crippen molar-refractivity contribution in [2.75, 3.05) is 20.1 Å². The fraction of sp³-hybridized carbons (Fsp3) is 1.00. The SMILES string of the molecule is CN1CCCC[C@@H]1CNC(F)(F)F. The molecule has 78 valence electrons. The summed E-state index contributed by atoms with van der Waals surface area (Å²) in [6, 6.07) is 0.0374. The maximum absolute atomic E-state index is 11.8. The van der Waals surface area contributed by atoms with Gasteiger partial charge in [-0.2, -0.15) is 13.2 Å². The predicted molar refractivity (Wildman–Crippen MR) is 44.3 cm³/mol. The fourth-order valence-corrected chi connectivity index (χ4v) is 1.64. The second-order valence-corrected chi connectivity index (χ2v) is 3.51. The molecule has 2 nitrogen and oxygen atoms in total. The highest BCUT2D eigenvalue weighted by Crippen LogP contribution is 2.16. The third kappa shape index (κ3) is 3.95. The number of nitrogens with one attached hydrogen (secondary N) is 1. The van der Waals surface area contributed by atoms with Crippen LogP contribution in [0.2, 0.25) is 0 Å². The van der Waals surface area contributed by atoms with Crippen molar-refractivity contribution in [3.05, 3.63) is 0 Å². The molecule has 1 aliphatic heterocycles. The zero-order valence-corrected chi connectivity index (χ0v) is 7.69. The van der Waals surface area contributed by atoms with E-state index in [1.54, 1.807) is 5.32 Å². The number of hydrogen-bond donors (Lipinski definition) is 1. The van der Waals surface area contributed by atoms with E-state index in [2.05, 4.69) is 0 Å². The van der Waals surface area contributed by atoms with E-state index in [9.17, 15) is 13.2 Å². The number of likely N-dealkylation sites (tertiary alicyclic amines) is 1. The molecule has 0 bridgehead atoms. The summed E-state index contributed by atoms with van der Waals surface area (Å²) in [5.74, 6) is 0. The molecule has 1 N–H and O–H groups in total. The molecule has 0 aliphatic carbocycles. The Morgan fingerprint density at radius 3 is 2.62 bits per heavy atom. The van der Waals surface area contributed by atoms with E-state index in [0.717, 1.165) is 25.8 Å². The average molecular weight is 196 g/mol. The summed E-state index contributed by atoms with van der Waals surface area (Å²) < 4.78 is 35.4. The van der Waals surface area contributed by atoms with Crippen LogP contribution in [0.25, 0.3) is 0 Å². The topological polar surface area (TPSA) is 15.3 Å². The summed E-state index contributed by atoms with van der Waals surface area (Å²) >= 11 is 0. The molecular formula is C8H15F3N2. The van der Waals surface area contributed by atoms with Crippen LogP contribution in [-0.2, 0) is 0 Å². The number of hydrogen-bond acceptors (Lipinski definition) is 2. The molecule has 1 heterocycles. The first-order valence-corrected chi connectivity index (χ1v) is 4.51. The Morgan fingerprint density at radius 2 is 2.08 bits per heavy atom. The number of alkyl halides is 3. The Balaban J connectivity index is 2.27. The summed E-state index contributed by atoms with van der Waals surface area (Å²) in [7, 11) is 1.88. The molecule has 1 rings (SSSR count). The van der Waals surface area contributed by atoms with Crippen molar-refractivity contribution < 1.29 is 13.2 Å². The predicted octanol–water partition coefficient (Wildman–Crippen LogP) is 1.58. The lowest BCUT2D eigenvalue weighted by atomic mass is 10.0. The lowest BCUT2D eigenvalue weighted by molar-refractivity contribution is -0.159. The van der Waals surface area contributed by atoms with Gasteiger partial charge in [-0.05, 0) is 26.4 Å². The van der Waals surface area contributed by atoms with Crippen molar-refractivity contribution in [2.24, 2.45) is 0 Å². The molecule has 0 aromatic rings. The quantitative estimate of drug-likeness (QED) is 0.674. The van der Waals surface area contributed by atoms with E-state index in [1.807, 2.05) is 11.9 Å². The lowest BCUT2D eigenvalue weighted by Gasteiger charge is -2.32. The van der Waals surface area contributed by atoms with Crippen LogP contribution in [0.5, 0.6) is 0 Å². The number of nitrogens with zero attached hydrogens (tertiary/aromatic N) is 1. The molecule has 0 unspecified atom stereocenters. The Kier molecular flexibility index (Phi) is 3.55. The minimum absolute atomic E-state index is 0.0139. The van der Waals surface area contributed by atoms with Crippen LogP contribution in [0.1, 0.15) is 19.3 Å². The van der Waals surface area contributed by atoms with Crippen LogP contribution >= 0.6 is 0 Å². The third-order valence-electron chi connectivity index (χ3n) is 2.46. The molecule has 0 spiro atoms. The summed E-state index contributed by atoms with van der Waals surface area (Å²) in [5, 5.41) is 1.58. The minimum atomic E-state index is -4.24. The van der Waals surface area contributed by atoms with Gasteiger partial charge in [0, 0.05) is 12.6 Å². The van der Waals surface area contributed by atoms with Gasteiger partial charge in [-0.3, -0.25) is 0 Å². The van der Waals surface area contributed by atoms with E-state index < -0.39 is 6.30 Å². The van der Waals surface area contributed by atoms with Crippen LogP contribution in [0.4, 0.5) is 13.2 Å². The van der Waals surface area contributed by atoms with Crippen molar-refractivity contribution in [2.45, 2.75) is 31.6 Å². The van der Waals surface area contributed by atoms with Crippen molar-refractivity contribution in [1.82, 2.24) is 10.2 Å². The van der Waals surface area contributed by atoms with Gasteiger partial charge in [0.05, 0.1) is 0 Å². The Morgan fingerprint density at radius 1 is 1.38 bits per heavy atom. The van der Waals surface area contributed by atoms with E-state index in [-0.39, 0.29) is 12.6 Å². The van der Waals surface area contributed by atoms with Gasteiger partial charge in [0.2, 0.25) is 0 Å². The Labute approximate surface area is 76.1 Å². The molecule has 1 fully saturated rings. The number of halogens is 3. The molecule has 1 saturated heterocycles. The summed E-state index contributed by atoms with van der Waals surface area (Å²) in [6.45, 7) is 0.921. The van der Waals surface area contributed by atoms with Crippen LogP contribution in [0.3, 0.4) is 0 Å². The Hall–Kier alpha value is -0.290. The Bertz CT molecular complexity index is 158. The van der Waals surface area contributed by atoms with E-state index in [1.165, 1.54) is 0 Å². The molecule has 13 heavy (non-hydrogen) atoms. The van der Waals surface area contributed by atoms with Gasteiger partial charge in [0.15, 0.2) is 0 Å². The molecule has 0 radical (unpaired) electrons. The largest absolute Gasteiger partial charge is 0.457 e. The van der Waals surface area contributed by atoms with Gasteiger partial charge in [-0.1, -0.05) is 6.42 Å². The molecule has 0 saturated carbocycles. The third-order valence-corrected chi connectivity index (χ3v) is 2.46. The fourth-order valence-electron chi connectivity index (χ4n) is 1.64. The van der Waals surface area contributed by atoms with E-state index >= 15 is 0 Å². The molecule has 1 aliphatic rings. The first kappa shape index (κ1) is 10.8. The van der Waals surface area contributed by atoms with Gasteiger partial charge in [-0.15, -0.1) is 0 Å². The minimum Gasteiger partial charge on any atom is -0.302 e. The van der Waals surface area contributed by atoms with E-state index in [4.69, 9.17) is 0 Å². The molecule has 0 aromatic carbocycles. The highest BCUT2D eigenvalue weighted by Gasteiger charge is 2.29. The molecule has 1 atom stereocenters. The van der Waals surface area contributed by atoms with Gasteiger partial charge >= 0.3 is 6.30 Å². The maximum atomic E-state index is 11.8. The number of rotatable bonds is 2. The smallest absolute Gasteiger partial charge is 0.302 e. The van der Waals surface area contributed by atoms with E-state index in [0.29, 0.717) is 0 Å². The standard InChI is InChI=1S/C8H15F3N2/c1-13-5-3-2-4-7(13)6-12-8(9,10)11/h7,12H,2-6H2,1H3/t7-/m1/s1. The molecule has 0 aromatic heterocycles. The molecule has 5 heteroatoms. The van der Waals surface area contributed by atoms with Crippen molar-refractivity contribution >= 4 is 0 Å². The van der Waals surface area contributed by atoms with Crippen LogP contribution in [0.15, 0.2) is 0 Å². The van der Waals surface area contributed by atoms with Gasteiger partial charge in [-0.25, -0.2) is 5.32 Å². The monoisotopic (exact) mass is 196 g/mol. The highest BCUT2D eigenvalue weighted by molar-refractivity contribution is 4.76. The second kappa shape index (κ2) is 4.28. The summed E-state index contributed by atoms with van der Waals surface area (Å²) in [4.78, 5) is 1.99. The molecular weight excluding hydrogens is 181 g/mol. The lowest BCUT2D eigenvalue weighted by Crippen LogP contribution is -2.46. The van der Waals surface area contributed by atoms with Crippen molar-refractivity contribution in [3.8, 4) is 0 Å². The highest BCUT2D eigenvalue weighted by atomic mass is 19.4. The summed E-state index contributed by atoms with van der Waals surface area (Å²) in [5.41, 5.74) is 0. The van der Waals surface area contributed by atoms with Crippen LogP contribution in [-0.4, -0.2) is 37.4 Å².